The third-order valence-electron chi connectivity index (χ3n) is 2.59. The van der Waals surface area contributed by atoms with E-state index < -0.39 is 5.97 Å². The van der Waals surface area contributed by atoms with Gasteiger partial charge in [-0.25, -0.2) is 4.79 Å². The minimum absolute atomic E-state index is 0.236. The number of hydrogen-bond acceptors (Lipinski definition) is 4. The topological polar surface area (TPSA) is 64.6 Å². The van der Waals surface area contributed by atoms with E-state index in [2.05, 4.69) is 10.1 Å². The summed E-state index contributed by atoms with van der Waals surface area (Å²) in [5.41, 5.74) is 2.17. The first-order valence-electron chi connectivity index (χ1n) is 5.53. The molecule has 1 aliphatic heterocycles. The monoisotopic (exact) mass is 247 g/mol. The van der Waals surface area contributed by atoms with Crippen LogP contribution in [0.1, 0.15) is 22.8 Å². The predicted octanol–water partition coefficient (Wildman–Crippen LogP) is 1.80. The highest BCUT2D eigenvalue weighted by Gasteiger charge is 2.25. The van der Waals surface area contributed by atoms with Gasteiger partial charge in [0, 0.05) is 5.56 Å². The van der Waals surface area contributed by atoms with Crippen molar-refractivity contribution in [2.24, 2.45) is 0 Å². The van der Waals surface area contributed by atoms with Crippen molar-refractivity contribution in [2.75, 3.05) is 19.0 Å². The molecule has 1 aromatic carbocycles. The van der Waals surface area contributed by atoms with Crippen molar-refractivity contribution in [3.63, 3.8) is 0 Å². The van der Waals surface area contributed by atoms with Crippen LogP contribution in [0.3, 0.4) is 0 Å². The van der Waals surface area contributed by atoms with Gasteiger partial charge in [-0.3, -0.25) is 4.79 Å². The molecule has 1 aromatic rings. The van der Waals surface area contributed by atoms with E-state index in [4.69, 9.17) is 4.74 Å². The largest absolute Gasteiger partial charge is 0.501 e. The minimum atomic E-state index is -0.436. The molecule has 94 valence electrons. The van der Waals surface area contributed by atoms with Crippen molar-refractivity contribution in [1.82, 2.24) is 0 Å². The first kappa shape index (κ1) is 12.2. The van der Waals surface area contributed by atoms with Crippen LogP contribution in [0.2, 0.25) is 0 Å². The molecule has 0 spiro atoms. The van der Waals surface area contributed by atoms with E-state index >= 15 is 0 Å². The predicted molar refractivity (Wildman–Crippen MR) is 66.0 cm³/mol. The number of amides is 1. The molecule has 0 fully saturated rings. The summed E-state index contributed by atoms with van der Waals surface area (Å²) in [6.07, 6.45) is 1.43. The zero-order chi connectivity index (χ0) is 13.1. The summed E-state index contributed by atoms with van der Waals surface area (Å²) in [4.78, 5) is 23.1. The molecular weight excluding hydrogens is 234 g/mol. The number of nitrogens with one attached hydrogen (secondary N) is 1. The molecular formula is C13H13NO4. The zero-order valence-corrected chi connectivity index (χ0v) is 10.1. The highest BCUT2D eigenvalue weighted by Crippen LogP contribution is 2.32. The van der Waals surface area contributed by atoms with Crippen molar-refractivity contribution in [3.05, 3.63) is 35.6 Å². The Morgan fingerprint density at radius 3 is 2.89 bits per heavy atom. The Bertz CT molecular complexity index is 534. The van der Waals surface area contributed by atoms with Gasteiger partial charge in [0.2, 0.25) is 0 Å². The fourth-order valence-electron chi connectivity index (χ4n) is 1.72. The van der Waals surface area contributed by atoms with Crippen LogP contribution in [-0.2, 0) is 14.3 Å². The molecule has 0 saturated heterocycles. The van der Waals surface area contributed by atoms with Crippen LogP contribution in [0.5, 0.6) is 0 Å². The number of hydrogen-bond donors (Lipinski definition) is 1. The first-order valence-corrected chi connectivity index (χ1v) is 5.53. The molecule has 5 heteroatoms. The van der Waals surface area contributed by atoms with Gasteiger partial charge < -0.3 is 14.8 Å². The van der Waals surface area contributed by atoms with E-state index in [1.165, 1.54) is 13.4 Å². The average molecular weight is 247 g/mol. The van der Waals surface area contributed by atoms with Gasteiger partial charge in [0.05, 0.1) is 36.8 Å². The lowest BCUT2D eigenvalue weighted by Crippen LogP contribution is -2.04. The van der Waals surface area contributed by atoms with Gasteiger partial charge in [0.25, 0.3) is 5.91 Å². The molecule has 0 bridgehead atoms. The second-order valence-electron chi connectivity index (χ2n) is 3.69. The van der Waals surface area contributed by atoms with Crippen LogP contribution in [0.15, 0.2) is 24.5 Å². The molecule has 1 N–H and O–H groups in total. The molecule has 1 aliphatic rings. The smallest absolute Gasteiger partial charge is 0.337 e. The molecule has 0 aromatic heterocycles. The van der Waals surface area contributed by atoms with Crippen LogP contribution in [-0.4, -0.2) is 25.6 Å². The lowest BCUT2D eigenvalue weighted by atomic mass is 10.1. The highest BCUT2D eigenvalue weighted by atomic mass is 16.5. The summed E-state index contributed by atoms with van der Waals surface area (Å²) in [6.45, 7) is 2.33. The fraction of sp³-hybridized carbons (Fsp3) is 0.231. The number of esters is 1. The normalized spacial score (nSPS) is 15.2. The van der Waals surface area contributed by atoms with Gasteiger partial charge in [-0.1, -0.05) is 6.07 Å². The molecule has 5 nitrogen and oxygen atoms in total. The Balaban J connectivity index is 2.38. The van der Waals surface area contributed by atoms with Gasteiger partial charge in [0.1, 0.15) is 0 Å². The highest BCUT2D eigenvalue weighted by molar-refractivity contribution is 6.31. The second-order valence-corrected chi connectivity index (χ2v) is 3.69. The maximum absolute atomic E-state index is 11.7. The van der Waals surface area contributed by atoms with E-state index in [1.807, 2.05) is 6.92 Å². The number of fused-ring (bicyclic) bond motifs is 1. The van der Waals surface area contributed by atoms with E-state index in [0.29, 0.717) is 23.4 Å². The van der Waals surface area contributed by atoms with Gasteiger partial charge >= 0.3 is 5.97 Å². The molecule has 0 unspecified atom stereocenters. The number of carbonyl (C=O) groups is 2. The summed E-state index contributed by atoms with van der Waals surface area (Å²) in [7, 11) is 1.31. The fourth-order valence-corrected chi connectivity index (χ4v) is 1.72. The first-order chi connectivity index (χ1) is 8.67. The molecule has 1 heterocycles. The number of anilines is 1. The summed E-state index contributed by atoms with van der Waals surface area (Å²) < 4.78 is 9.75. The number of carbonyl (C=O) groups excluding carboxylic acids is 2. The van der Waals surface area contributed by atoms with E-state index in [9.17, 15) is 9.59 Å². The van der Waals surface area contributed by atoms with Gasteiger partial charge in [0.15, 0.2) is 0 Å². The summed E-state index contributed by atoms with van der Waals surface area (Å²) in [5.74, 6) is -0.672. The van der Waals surface area contributed by atoms with E-state index in [-0.39, 0.29) is 5.91 Å². The zero-order valence-electron chi connectivity index (χ0n) is 10.1. The number of methoxy groups -OCH3 is 1. The molecule has 0 radical (unpaired) electrons. The molecule has 0 aliphatic carbocycles. The Hall–Kier alpha value is -2.30. The lowest BCUT2D eigenvalue weighted by molar-refractivity contribution is -0.110. The molecule has 0 saturated carbocycles. The molecule has 0 atom stereocenters. The number of benzene rings is 1. The van der Waals surface area contributed by atoms with Gasteiger partial charge in [-0.15, -0.1) is 0 Å². The van der Waals surface area contributed by atoms with E-state index in [0.717, 1.165) is 5.56 Å². The van der Waals surface area contributed by atoms with Crippen molar-refractivity contribution in [2.45, 2.75) is 6.92 Å². The Morgan fingerprint density at radius 1 is 1.44 bits per heavy atom. The van der Waals surface area contributed by atoms with Crippen molar-refractivity contribution in [3.8, 4) is 0 Å². The van der Waals surface area contributed by atoms with Crippen molar-refractivity contribution in [1.29, 1.82) is 0 Å². The molecule has 2 rings (SSSR count). The van der Waals surface area contributed by atoms with Crippen molar-refractivity contribution >= 4 is 23.1 Å². The van der Waals surface area contributed by atoms with Crippen LogP contribution in [0.25, 0.3) is 5.57 Å². The molecule has 18 heavy (non-hydrogen) atoms. The SMILES string of the molecule is CCOC=C1C(=O)Nc2cc(C(=O)OC)ccc21. The third kappa shape index (κ3) is 2.07. The Morgan fingerprint density at radius 2 is 2.22 bits per heavy atom. The third-order valence-corrected chi connectivity index (χ3v) is 2.59. The summed E-state index contributed by atoms with van der Waals surface area (Å²) in [5, 5.41) is 2.68. The Labute approximate surface area is 104 Å². The van der Waals surface area contributed by atoms with Crippen LogP contribution in [0, 0.1) is 0 Å². The molecule has 1 amide bonds. The van der Waals surface area contributed by atoms with Crippen LogP contribution >= 0.6 is 0 Å². The van der Waals surface area contributed by atoms with E-state index in [1.54, 1.807) is 18.2 Å². The van der Waals surface area contributed by atoms with Gasteiger partial charge in [-0.05, 0) is 19.1 Å². The Kier molecular flexibility index (Phi) is 3.32. The standard InChI is InChI=1S/C13H13NO4/c1-3-18-7-10-9-5-4-8(13(16)17-2)6-11(9)14-12(10)15/h4-7H,3H2,1-2H3,(H,14,15). The maximum atomic E-state index is 11.7. The van der Waals surface area contributed by atoms with Gasteiger partial charge in [-0.2, -0.15) is 0 Å². The quantitative estimate of drug-likeness (QED) is 0.502. The average Bonchev–Trinajstić information content (AvgIpc) is 2.70. The summed E-state index contributed by atoms with van der Waals surface area (Å²) in [6, 6.07) is 4.90. The number of rotatable bonds is 3. The maximum Gasteiger partial charge on any atom is 0.337 e. The van der Waals surface area contributed by atoms with Crippen molar-refractivity contribution < 1.29 is 19.1 Å². The van der Waals surface area contributed by atoms with Crippen LogP contribution < -0.4 is 5.32 Å². The minimum Gasteiger partial charge on any atom is -0.501 e. The second kappa shape index (κ2) is 4.91. The van der Waals surface area contributed by atoms with Crippen LogP contribution in [0.4, 0.5) is 5.69 Å². The lowest BCUT2D eigenvalue weighted by Gasteiger charge is -2.02. The number of ether oxygens (including phenoxy) is 2. The summed E-state index contributed by atoms with van der Waals surface area (Å²) >= 11 is 0.